The molecule has 2 aromatic rings. The molecule has 0 N–H and O–H groups in total. The van der Waals surface area contributed by atoms with E-state index in [2.05, 4.69) is 29.9 Å². The number of carbonyl (C=O) groups excluding carboxylic acids is 1. The van der Waals surface area contributed by atoms with E-state index in [1.54, 1.807) is 6.20 Å². The van der Waals surface area contributed by atoms with Crippen LogP contribution in [0.1, 0.15) is 63.0 Å². The van der Waals surface area contributed by atoms with Crippen molar-refractivity contribution in [2.24, 2.45) is 0 Å². The number of methoxy groups -OCH3 is 1. The average Bonchev–Trinajstić information content (AvgIpc) is 2.89. The summed E-state index contributed by atoms with van der Waals surface area (Å²) in [6.07, 6.45) is 1.99. The molecule has 0 aliphatic heterocycles. The third kappa shape index (κ3) is 3.34. The molecule has 0 radical (unpaired) electrons. The highest BCUT2D eigenvalue weighted by molar-refractivity contribution is 5.86. The lowest BCUT2D eigenvalue weighted by Crippen LogP contribution is -2.09. The number of aryl methyl sites for hydroxylation is 1. The standard InChI is InChI=1S/C17H22N4O2/c1-10(2)15-14-12(8-18)9-21(7-6-13(22)23-5)17(14)20-16(19-15)11(3)4/h9-11H,6-7H2,1-5H3. The van der Waals surface area contributed by atoms with Gasteiger partial charge in [0.25, 0.3) is 0 Å². The van der Waals surface area contributed by atoms with Gasteiger partial charge in [0.2, 0.25) is 0 Å². The summed E-state index contributed by atoms with van der Waals surface area (Å²) in [5, 5.41) is 10.2. The molecule has 0 bridgehead atoms. The van der Waals surface area contributed by atoms with Gasteiger partial charge in [-0.25, -0.2) is 9.97 Å². The monoisotopic (exact) mass is 314 g/mol. The van der Waals surface area contributed by atoms with Crippen LogP contribution in [0.4, 0.5) is 0 Å². The first-order chi connectivity index (χ1) is 10.9. The zero-order chi connectivity index (χ0) is 17.1. The van der Waals surface area contributed by atoms with Gasteiger partial charge in [-0.1, -0.05) is 27.7 Å². The Kier molecular flexibility index (Phi) is 4.99. The maximum absolute atomic E-state index is 11.4. The van der Waals surface area contributed by atoms with Crippen molar-refractivity contribution in [1.82, 2.24) is 14.5 Å². The van der Waals surface area contributed by atoms with Crippen molar-refractivity contribution in [3.05, 3.63) is 23.3 Å². The second-order valence-corrected chi connectivity index (χ2v) is 6.15. The quantitative estimate of drug-likeness (QED) is 0.792. The molecule has 6 heteroatoms. The van der Waals surface area contributed by atoms with Gasteiger partial charge in [0.1, 0.15) is 17.5 Å². The second kappa shape index (κ2) is 6.78. The Morgan fingerprint density at radius 1 is 1.30 bits per heavy atom. The number of fused-ring (bicyclic) bond motifs is 1. The van der Waals surface area contributed by atoms with E-state index in [0.29, 0.717) is 17.8 Å². The van der Waals surface area contributed by atoms with Crippen LogP contribution >= 0.6 is 0 Å². The van der Waals surface area contributed by atoms with Gasteiger partial charge in [0, 0.05) is 18.7 Å². The summed E-state index contributed by atoms with van der Waals surface area (Å²) < 4.78 is 6.54. The molecule has 0 atom stereocenters. The summed E-state index contributed by atoms with van der Waals surface area (Å²) in [6.45, 7) is 8.62. The van der Waals surface area contributed by atoms with Crippen LogP contribution in [0.3, 0.4) is 0 Å². The van der Waals surface area contributed by atoms with E-state index in [-0.39, 0.29) is 24.2 Å². The first kappa shape index (κ1) is 16.9. The van der Waals surface area contributed by atoms with Crippen molar-refractivity contribution in [1.29, 1.82) is 5.26 Å². The summed E-state index contributed by atoms with van der Waals surface area (Å²) in [4.78, 5) is 20.7. The van der Waals surface area contributed by atoms with E-state index in [0.717, 1.165) is 16.9 Å². The summed E-state index contributed by atoms with van der Waals surface area (Å²) in [6, 6.07) is 2.22. The molecule has 2 aromatic heterocycles. The van der Waals surface area contributed by atoms with Crippen molar-refractivity contribution in [2.45, 2.75) is 52.5 Å². The van der Waals surface area contributed by atoms with E-state index in [9.17, 15) is 10.1 Å². The third-order valence-electron chi connectivity index (χ3n) is 3.73. The van der Waals surface area contributed by atoms with Gasteiger partial charge < -0.3 is 9.30 Å². The molecule has 23 heavy (non-hydrogen) atoms. The fraction of sp³-hybridized carbons (Fsp3) is 0.529. The van der Waals surface area contributed by atoms with Crippen LogP contribution in [0.2, 0.25) is 0 Å². The minimum absolute atomic E-state index is 0.182. The Balaban J connectivity index is 2.65. The molecule has 0 amide bonds. The number of hydrogen-bond donors (Lipinski definition) is 0. The van der Waals surface area contributed by atoms with Crippen LogP contribution in [-0.2, 0) is 16.1 Å². The molecule has 6 nitrogen and oxygen atoms in total. The van der Waals surface area contributed by atoms with E-state index < -0.39 is 0 Å². The number of nitriles is 1. The topological polar surface area (TPSA) is 80.8 Å². The predicted octanol–water partition coefficient (Wildman–Crippen LogP) is 3.11. The van der Waals surface area contributed by atoms with Gasteiger partial charge in [0.05, 0.1) is 30.2 Å². The van der Waals surface area contributed by atoms with Crippen LogP contribution in [0, 0.1) is 11.3 Å². The molecule has 0 unspecified atom stereocenters. The normalized spacial score (nSPS) is 11.2. The van der Waals surface area contributed by atoms with Gasteiger partial charge in [0.15, 0.2) is 0 Å². The Hall–Kier alpha value is -2.42. The van der Waals surface area contributed by atoms with Crippen molar-refractivity contribution >= 4 is 17.0 Å². The van der Waals surface area contributed by atoms with Gasteiger partial charge in [-0.15, -0.1) is 0 Å². The summed E-state index contributed by atoms with van der Waals surface area (Å²) >= 11 is 0. The van der Waals surface area contributed by atoms with Crippen molar-refractivity contribution < 1.29 is 9.53 Å². The highest BCUT2D eigenvalue weighted by Crippen LogP contribution is 2.29. The minimum atomic E-state index is -0.285. The lowest BCUT2D eigenvalue weighted by Gasteiger charge is -2.12. The summed E-state index contributed by atoms with van der Waals surface area (Å²) in [5.74, 6) is 0.837. The molecule has 0 aliphatic carbocycles. The van der Waals surface area contributed by atoms with Crippen LogP contribution in [0.25, 0.3) is 11.0 Å². The fourth-order valence-corrected chi connectivity index (χ4v) is 2.48. The highest BCUT2D eigenvalue weighted by atomic mass is 16.5. The molecule has 122 valence electrons. The van der Waals surface area contributed by atoms with Crippen molar-refractivity contribution in [3.8, 4) is 6.07 Å². The molecule has 2 rings (SSSR count). The Morgan fingerprint density at radius 3 is 2.52 bits per heavy atom. The number of nitrogens with zero attached hydrogens (tertiary/aromatic N) is 4. The van der Waals surface area contributed by atoms with E-state index >= 15 is 0 Å². The zero-order valence-electron chi connectivity index (χ0n) is 14.3. The molecule has 2 heterocycles. The van der Waals surface area contributed by atoms with Crippen molar-refractivity contribution in [2.75, 3.05) is 7.11 Å². The average molecular weight is 314 g/mol. The van der Waals surface area contributed by atoms with Crippen LogP contribution in [0.5, 0.6) is 0 Å². The van der Waals surface area contributed by atoms with Crippen LogP contribution in [0.15, 0.2) is 6.20 Å². The second-order valence-electron chi connectivity index (χ2n) is 6.15. The molecule has 0 aromatic carbocycles. The van der Waals surface area contributed by atoms with E-state index in [4.69, 9.17) is 4.74 Å². The highest BCUT2D eigenvalue weighted by Gasteiger charge is 2.20. The number of hydrogen-bond acceptors (Lipinski definition) is 5. The van der Waals surface area contributed by atoms with E-state index in [1.165, 1.54) is 7.11 Å². The summed E-state index contributed by atoms with van der Waals surface area (Å²) in [7, 11) is 1.37. The number of rotatable bonds is 5. The molecule has 0 spiro atoms. The molecule has 0 saturated heterocycles. The maximum atomic E-state index is 11.4. The minimum Gasteiger partial charge on any atom is -0.469 e. The first-order valence-corrected chi connectivity index (χ1v) is 7.76. The van der Waals surface area contributed by atoms with Crippen molar-refractivity contribution in [3.63, 3.8) is 0 Å². The molecule has 0 aliphatic rings. The number of aromatic nitrogens is 3. The maximum Gasteiger partial charge on any atom is 0.307 e. The molecular formula is C17H22N4O2. The third-order valence-corrected chi connectivity index (χ3v) is 3.73. The Morgan fingerprint density at radius 2 is 2.00 bits per heavy atom. The van der Waals surface area contributed by atoms with Gasteiger partial charge >= 0.3 is 5.97 Å². The zero-order valence-corrected chi connectivity index (χ0v) is 14.3. The molecule has 0 fully saturated rings. The smallest absolute Gasteiger partial charge is 0.307 e. The number of carbonyl (C=O) groups is 1. The SMILES string of the molecule is COC(=O)CCn1cc(C#N)c2c(C(C)C)nc(C(C)C)nc21. The molecular weight excluding hydrogens is 292 g/mol. The number of esters is 1. The van der Waals surface area contributed by atoms with Crippen LogP contribution in [-0.4, -0.2) is 27.6 Å². The van der Waals surface area contributed by atoms with Crippen LogP contribution < -0.4 is 0 Å². The van der Waals surface area contributed by atoms with Gasteiger partial charge in [-0.3, -0.25) is 4.79 Å². The number of ether oxygens (including phenoxy) is 1. The summed E-state index contributed by atoms with van der Waals surface area (Å²) in [5.41, 5.74) is 2.14. The lowest BCUT2D eigenvalue weighted by molar-refractivity contribution is -0.140. The largest absolute Gasteiger partial charge is 0.469 e. The first-order valence-electron chi connectivity index (χ1n) is 7.76. The van der Waals surface area contributed by atoms with Gasteiger partial charge in [-0.2, -0.15) is 5.26 Å². The Bertz CT molecular complexity index is 769. The Labute approximate surface area is 136 Å². The predicted molar refractivity (Wildman–Crippen MR) is 87.1 cm³/mol. The fourth-order valence-electron chi connectivity index (χ4n) is 2.48. The lowest BCUT2D eigenvalue weighted by atomic mass is 10.0. The van der Waals surface area contributed by atoms with Gasteiger partial charge in [-0.05, 0) is 5.92 Å². The van der Waals surface area contributed by atoms with E-state index in [1.807, 2.05) is 18.4 Å². The molecule has 0 saturated carbocycles.